The molecule has 30 heavy (non-hydrogen) atoms. The van der Waals surface area contributed by atoms with E-state index < -0.39 is 16.2 Å². The Hall–Kier alpha value is -3.40. The van der Waals surface area contributed by atoms with Crippen LogP contribution in [0.4, 0.5) is 0 Å². The van der Waals surface area contributed by atoms with Gasteiger partial charge in [-0.3, -0.25) is 0 Å². The van der Waals surface area contributed by atoms with Crippen LogP contribution in [0.15, 0.2) is 95.2 Å². The first-order chi connectivity index (χ1) is 14.5. The molecule has 0 bridgehead atoms. The number of nitrogens with zero attached hydrogens (tertiary/aromatic N) is 1. The highest BCUT2D eigenvalue weighted by Gasteiger charge is 2.36. The number of aryl methyl sites for hydroxylation is 1. The number of hydrogen-bond donors (Lipinski definition) is 0. The van der Waals surface area contributed by atoms with Gasteiger partial charge in [-0.25, -0.2) is 4.21 Å². The molecule has 3 heteroatoms. The minimum absolute atomic E-state index is 0.206. The Balaban J connectivity index is 2.08. The summed E-state index contributed by atoms with van der Waals surface area (Å²) >= 11 is 0. The number of nitriles is 1. The summed E-state index contributed by atoms with van der Waals surface area (Å²) in [6.07, 6.45) is 6.26. The molecule has 0 amide bonds. The van der Waals surface area contributed by atoms with Crippen molar-refractivity contribution in [3.63, 3.8) is 0 Å². The van der Waals surface area contributed by atoms with Crippen LogP contribution in [0, 0.1) is 30.6 Å². The summed E-state index contributed by atoms with van der Waals surface area (Å²) in [4.78, 5) is 1.31. The van der Waals surface area contributed by atoms with E-state index >= 15 is 0 Å². The zero-order chi connectivity index (χ0) is 21.6. The van der Waals surface area contributed by atoms with E-state index in [1.807, 2.05) is 85.8 Å². The first-order valence-corrected chi connectivity index (χ1v) is 10.8. The molecule has 3 aromatic rings. The summed E-state index contributed by atoms with van der Waals surface area (Å²) in [6, 6.07) is 27.2. The summed E-state index contributed by atoms with van der Waals surface area (Å²) in [7, 11) is -1.43. The minimum atomic E-state index is -1.43. The van der Waals surface area contributed by atoms with Crippen molar-refractivity contribution in [3.8, 4) is 18.4 Å². The molecule has 148 valence electrons. The van der Waals surface area contributed by atoms with Gasteiger partial charge in [0.25, 0.3) is 0 Å². The highest BCUT2D eigenvalue weighted by molar-refractivity contribution is 7.85. The molecule has 0 aliphatic rings. The second-order valence-corrected chi connectivity index (χ2v) is 8.75. The van der Waals surface area contributed by atoms with Crippen molar-refractivity contribution in [2.75, 3.05) is 0 Å². The van der Waals surface area contributed by atoms with Crippen LogP contribution in [0.5, 0.6) is 0 Å². The molecular formula is C27H23NOS. The molecule has 2 nitrogen and oxygen atoms in total. The molecule has 0 aromatic heterocycles. The van der Waals surface area contributed by atoms with Gasteiger partial charge in [-0.15, -0.1) is 12.3 Å². The van der Waals surface area contributed by atoms with Gasteiger partial charge in [-0.05, 0) is 48.2 Å². The molecule has 0 fully saturated rings. The van der Waals surface area contributed by atoms with Gasteiger partial charge >= 0.3 is 0 Å². The average molecular weight is 410 g/mol. The third kappa shape index (κ3) is 4.43. The highest BCUT2D eigenvalue weighted by atomic mass is 32.2. The molecule has 0 N–H and O–H groups in total. The predicted octanol–water partition coefficient (Wildman–Crippen LogP) is 6.05. The molecule has 0 aliphatic heterocycles. The molecule has 2 atom stereocenters. The highest BCUT2D eigenvalue weighted by Crippen LogP contribution is 2.40. The first-order valence-electron chi connectivity index (χ1n) is 9.66. The fraction of sp³-hybridized carbons (Fsp3) is 0.148. The van der Waals surface area contributed by atoms with Crippen LogP contribution < -0.4 is 0 Å². The topological polar surface area (TPSA) is 40.9 Å². The number of benzene rings is 3. The van der Waals surface area contributed by atoms with Crippen LogP contribution >= 0.6 is 0 Å². The molecule has 0 saturated heterocycles. The Kier molecular flexibility index (Phi) is 6.68. The average Bonchev–Trinajstić information content (AvgIpc) is 2.79. The van der Waals surface area contributed by atoms with E-state index in [2.05, 4.69) is 18.6 Å². The first kappa shape index (κ1) is 21.3. The van der Waals surface area contributed by atoms with E-state index in [4.69, 9.17) is 6.42 Å². The van der Waals surface area contributed by atoms with Crippen molar-refractivity contribution >= 4 is 16.4 Å². The minimum Gasteiger partial charge on any atom is -0.249 e. The lowest BCUT2D eigenvalue weighted by atomic mass is 9.73. The van der Waals surface area contributed by atoms with Gasteiger partial charge in [0, 0.05) is 16.2 Å². The van der Waals surface area contributed by atoms with E-state index in [0.29, 0.717) is 21.8 Å². The molecule has 0 heterocycles. The van der Waals surface area contributed by atoms with Crippen molar-refractivity contribution in [1.29, 1.82) is 5.26 Å². The van der Waals surface area contributed by atoms with Crippen LogP contribution in [-0.2, 0) is 16.2 Å². The Bertz CT molecular complexity index is 1150. The molecular weight excluding hydrogens is 386 g/mol. The molecule has 3 rings (SSSR count). The Morgan fingerprint density at radius 1 is 1.03 bits per heavy atom. The quantitative estimate of drug-likeness (QED) is 0.446. The van der Waals surface area contributed by atoms with E-state index in [9.17, 15) is 9.47 Å². The second-order valence-electron chi connectivity index (χ2n) is 7.30. The fourth-order valence-corrected chi connectivity index (χ4v) is 4.82. The number of allylic oxidation sites excluding steroid dienone is 1. The number of terminal acetylenes is 1. The second kappa shape index (κ2) is 9.40. The Labute approximate surface area is 181 Å². The van der Waals surface area contributed by atoms with Crippen molar-refractivity contribution in [3.05, 3.63) is 102 Å². The van der Waals surface area contributed by atoms with Crippen LogP contribution in [0.2, 0.25) is 0 Å². The zero-order valence-electron chi connectivity index (χ0n) is 17.0. The normalized spacial score (nSPS) is 13.4. The lowest BCUT2D eigenvalue weighted by molar-refractivity contribution is 0.569. The van der Waals surface area contributed by atoms with Crippen LogP contribution in [-0.4, -0.2) is 4.21 Å². The Morgan fingerprint density at radius 2 is 1.67 bits per heavy atom. The molecule has 0 spiro atoms. The van der Waals surface area contributed by atoms with Gasteiger partial charge in [-0.1, -0.05) is 72.8 Å². The van der Waals surface area contributed by atoms with Crippen molar-refractivity contribution in [2.45, 2.75) is 35.0 Å². The van der Waals surface area contributed by atoms with Gasteiger partial charge in [0.2, 0.25) is 0 Å². The summed E-state index contributed by atoms with van der Waals surface area (Å²) in [5.41, 5.74) is 2.57. The SMILES string of the molecule is C#CC[C@](C#N)(CC(=C)c1ccccc1)c1ccccc1S(=O)c1ccc(C)cc1. The third-order valence-electron chi connectivity index (χ3n) is 5.15. The maximum Gasteiger partial charge on any atom is 0.0982 e. The summed E-state index contributed by atoms with van der Waals surface area (Å²) in [5, 5.41) is 10.3. The van der Waals surface area contributed by atoms with Gasteiger partial charge in [0.15, 0.2) is 0 Å². The van der Waals surface area contributed by atoms with E-state index in [1.165, 1.54) is 0 Å². The third-order valence-corrected chi connectivity index (χ3v) is 6.61. The van der Waals surface area contributed by atoms with Crippen molar-refractivity contribution in [1.82, 2.24) is 0 Å². The summed E-state index contributed by atoms with van der Waals surface area (Å²) in [5.74, 6) is 2.67. The molecule has 1 unspecified atom stereocenters. The van der Waals surface area contributed by atoms with Crippen LogP contribution in [0.1, 0.15) is 29.5 Å². The number of rotatable bonds is 7. The van der Waals surface area contributed by atoms with E-state index in [1.54, 1.807) is 0 Å². The van der Waals surface area contributed by atoms with Crippen LogP contribution in [0.3, 0.4) is 0 Å². The summed E-state index contributed by atoms with van der Waals surface area (Å²) in [6.45, 7) is 6.20. The lowest BCUT2D eigenvalue weighted by Gasteiger charge is -2.28. The molecule has 0 saturated carbocycles. The van der Waals surface area contributed by atoms with Gasteiger partial charge in [0.1, 0.15) is 0 Å². The fourth-order valence-electron chi connectivity index (χ4n) is 3.52. The van der Waals surface area contributed by atoms with Gasteiger partial charge in [-0.2, -0.15) is 5.26 Å². The predicted molar refractivity (Wildman–Crippen MR) is 123 cm³/mol. The largest absolute Gasteiger partial charge is 0.249 e. The van der Waals surface area contributed by atoms with Crippen molar-refractivity contribution < 1.29 is 4.21 Å². The summed E-state index contributed by atoms with van der Waals surface area (Å²) < 4.78 is 13.4. The molecule has 3 aromatic carbocycles. The van der Waals surface area contributed by atoms with Gasteiger partial charge < -0.3 is 0 Å². The van der Waals surface area contributed by atoms with Gasteiger partial charge in [0.05, 0.1) is 22.3 Å². The maximum absolute atomic E-state index is 13.4. The van der Waals surface area contributed by atoms with E-state index in [-0.39, 0.29) is 6.42 Å². The van der Waals surface area contributed by atoms with Crippen molar-refractivity contribution in [2.24, 2.45) is 0 Å². The van der Waals surface area contributed by atoms with E-state index in [0.717, 1.165) is 16.7 Å². The monoisotopic (exact) mass is 409 g/mol. The lowest BCUT2D eigenvalue weighted by Crippen LogP contribution is -2.26. The smallest absolute Gasteiger partial charge is 0.0982 e. The van der Waals surface area contributed by atoms with Crippen LogP contribution in [0.25, 0.3) is 5.57 Å². The standard InChI is InChI=1S/C27H23NOS/c1-4-18-27(20-28,19-22(3)23-10-6-5-7-11-23)25-12-8-9-13-26(25)30(29)24-16-14-21(2)15-17-24/h1,5-17H,3,18-19H2,2H3/t27-,30?/m1/s1. The molecule has 0 radical (unpaired) electrons. The maximum atomic E-state index is 13.4. The Morgan fingerprint density at radius 3 is 2.30 bits per heavy atom. The zero-order valence-corrected chi connectivity index (χ0v) is 17.8. The number of hydrogen-bond acceptors (Lipinski definition) is 2. The molecule has 0 aliphatic carbocycles.